The lowest BCUT2D eigenvalue weighted by molar-refractivity contribution is 0.373. The van der Waals surface area contributed by atoms with Crippen LogP contribution in [0, 0.1) is 24.0 Å². The number of amidine groups is 1. The van der Waals surface area contributed by atoms with Crippen molar-refractivity contribution in [2.24, 2.45) is 5.73 Å². The second-order valence-electron chi connectivity index (χ2n) is 7.27. The highest BCUT2D eigenvalue weighted by Gasteiger charge is 2.21. The van der Waals surface area contributed by atoms with Gasteiger partial charge < -0.3 is 20.9 Å². The number of rotatable bonds is 6. The lowest BCUT2D eigenvalue weighted by atomic mass is 10.0. The summed E-state index contributed by atoms with van der Waals surface area (Å²) in [6, 6.07) is 20.4. The maximum atomic E-state index is 14.8. The maximum Gasteiger partial charge on any atom is 0.259 e. The van der Waals surface area contributed by atoms with Crippen LogP contribution >= 0.6 is 0 Å². The van der Waals surface area contributed by atoms with E-state index in [1.54, 1.807) is 54.6 Å². The van der Waals surface area contributed by atoms with Crippen molar-refractivity contribution in [1.82, 2.24) is 4.98 Å². The third-order valence-electron chi connectivity index (χ3n) is 4.87. The minimum atomic E-state index is -0.934. The Balaban J connectivity index is 1.67. The number of nitrogens with one attached hydrogen (secondary N) is 1. The molecule has 166 valence electrons. The average Bonchev–Trinajstić information content (AvgIpc) is 2.81. The zero-order chi connectivity index (χ0) is 23.5. The van der Waals surface area contributed by atoms with E-state index in [9.17, 15) is 8.78 Å². The molecule has 0 unspecified atom stereocenters. The van der Waals surface area contributed by atoms with Gasteiger partial charge in [-0.2, -0.15) is 4.98 Å². The van der Waals surface area contributed by atoms with Crippen LogP contribution in [0.4, 0.5) is 14.5 Å². The Labute approximate surface area is 188 Å². The first-order valence-corrected chi connectivity index (χ1v) is 9.93. The molecule has 0 spiro atoms. The van der Waals surface area contributed by atoms with E-state index in [0.717, 1.165) is 11.1 Å². The molecule has 0 aliphatic carbocycles. The van der Waals surface area contributed by atoms with E-state index in [4.69, 9.17) is 26.4 Å². The van der Waals surface area contributed by atoms with Crippen LogP contribution in [0.25, 0.3) is 11.1 Å². The number of halogens is 2. The summed E-state index contributed by atoms with van der Waals surface area (Å²) in [6.07, 6.45) is 0. The summed E-state index contributed by atoms with van der Waals surface area (Å²) in [5.74, 6) is -2.24. The predicted octanol–water partition coefficient (Wildman–Crippen LogP) is 5.79. The van der Waals surface area contributed by atoms with Gasteiger partial charge in [-0.15, -0.1) is 0 Å². The fraction of sp³-hybridized carbons (Fsp3) is 0.0400. The number of aromatic nitrogens is 1. The zero-order valence-corrected chi connectivity index (χ0v) is 17.6. The Bertz CT molecular complexity index is 1360. The molecule has 0 bridgehead atoms. The highest BCUT2D eigenvalue weighted by atomic mass is 19.1. The van der Waals surface area contributed by atoms with Gasteiger partial charge in [0.1, 0.15) is 17.3 Å². The van der Waals surface area contributed by atoms with Crippen LogP contribution in [0.5, 0.6) is 23.3 Å². The third kappa shape index (κ3) is 4.74. The molecule has 0 aliphatic rings. The number of nitrogens with zero attached hydrogens (tertiary/aromatic N) is 1. The van der Waals surface area contributed by atoms with E-state index >= 15 is 0 Å². The molecule has 0 saturated carbocycles. The zero-order valence-electron chi connectivity index (χ0n) is 17.6. The summed E-state index contributed by atoms with van der Waals surface area (Å²) >= 11 is 0. The predicted molar refractivity (Wildman–Crippen MR) is 123 cm³/mol. The van der Waals surface area contributed by atoms with Crippen LogP contribution in [0.3, 0.4) is 0 Å². The van der Waals surface area contributed by atoms with Gasteiger partial charge >= 0.3 is 0 Å². The Kier molecular flexibility index (Phi) is 5.91. The molecule has 4 rings (SSSR count). The van der Waals surface area contributed by atoms with Crippen molar-refractivity contribution in [2.45, 2.75) is 6.92 Å². The van der Waals surface area contributed by atoms with Gasteiger partial charge in [-0.1, -0.05) is 36.4 Å². The van der Waals surface area contributed by atoms with Crippen LogP contribution in [0.15, 0.2) is 72.8 Å². The Morgan fingerprint density at radius 3 is 1.97 bits per heavy atom. The van der Waals surface area contributed by atoms with Gasteiger partial charge in [0.15, 0.2) is 11.6 Å². The Morgan fingerprint density at radius 2 is 1.36 bits per heavy atom. The Morgan fingerprint density at radius 1 is 0.818 bits per heavy atom. The van der Waals surface area contributed by atoms with Crippen LogP contribution < -0.4 is 20.9 Å². The van der Waals surface area contributed by atoms with Crippen LogP contribution in [-0.4, -0.2) is 10.8 Å². The number of hydrogen-bond acceptors (Lipinski definition) is 5. The molecule has 4 aromatic rings. The van der Waals surface area contributed by atoms with Gasteiger partial charge in [-0.05, 0) is 48.4 Å². The first-order valence-electron chi connectivity index (χ1n) is 9.93. The molecule has 3 aromatic carbocycles. The number of ether oxygens (including phenoxy) is 2. The van der Waals surface area contributed by atoms with E-state index in [1.807, 2.05) is 12.1 Å². The summed E-state index contributed by atoms with van der Waals surface area (Å²) in [4.78, 5) is 3.91. The second-order valence-corrected chi connectivity index (χ2v) is 7.27. The first kappa shape index (κ1) is 21.8. The van der Waals surface area contributed by atoms with E-state index in [2.05, 4.69) is 4.98 Å². The smallest absolute Gasteiger partial charge is 0.259 e. The van der Waals surface area contributed by atoms with Gasteiger partial charge in [0.25, 0.3) is 11.8 Å². The summed E-state index contributed by atoms with van der Waals surface area (Å²) < 4.78 is 40.5. The maximum absolute atomic E-state index is 14.8. The van der Waals surface area contributed by atoms with Crippen molar-refractivity contribution < 1.29 is 18.3 Å². The molecule has 1 aromatic heterocycles. The van der Waals surface area contributed by atoms with Crippen molar-refractivity contribution >= 4 is 11.5 Å². The van der Waals surface area contributed by atoms with E-state index in [1.165, 1.54) is 13.0 Å². The van der Waals surface area contributed by atoms with Gasteiger partial charge in [0.05, 0.1) is 0 Å². The van der Waals surface area contributed by atoms with Crippen molar-refractivity contribution in [1.29, 1.82) is 5.41 Å². The molecule has 0 atom stereocenters. The summed E-state index contributed by atoms with van der Waals surface area (Å²) in [5.41, 5.74) is 13.6. The third-order valence-corrected chi connectivity index (χ3v) is 4.87. The summed E-state index contributed by atoms with van der Waals surface area (Å²) in [7, 11) is 0. The molecule has 33 heavy (non-hydrogen) atoms. The number of nitrogen functional groups attached to an aromatic ring is 2. The number of hydrogen-bond donors (Lipinski definition) is 3. The van der Waals surface area contributed by atoms with Gasteiger partial charge in [-0.25, -0.2) is 8.78 Å². The Hall–Kier alpha value is -4.46. The van der Waals surface area contributed by atoms with Gasteiger partial charge in [0, 0.05) is 22.9 Å². The highest BCUT2D eigenvalue weighted by Crippen LogP contribution is 2.34. The van der Waals surface area contributed by atoms with E-state index < -0.39 is 23.4 Å². The minimum absolute atomic E-state index is 0.0509. The van der Waals surface area contributed by atoms with Crippen LogP contribution in [-0.2, 0) is 0 Å². The minimum Gasteiger partial charge on any atom is -0.436 e. The molecule has 0 radical (unpaired) electrons. The fourth-order valence-electron chi connectivity index (χ4n) is 3.15. The SMILES string of the molecule is Cc1c(F)c(Oc2cccc(N)c2)nc(Oc2cccc(-c3cccc(C(=N)N)c3)c2)c1F. The number of benzene rings is 3. The standard InChI is InChI=1S/C25H20F2N4O2/c1-14-21(26)24(31-25(22(14)27)33-20-10-4-8-18(28)13-20)32-19-9-3-6-16(12-19)15-5-2-7-17(11-15)23(29)30/h2-13H,28H2,1H3,(H3,29,30). The molecule has 0 fully saturated rings. The quantitative estimate of drug-likeness (QED) is 0.198. The molecule has 5 N–H and O–H groups in total. The first-order chi connectivity index (χ1) is 15.8. The lowest BCUT2D eigenvalue weighted by Crippen LogP contribution is -2.10. The van der Waals surface area contributed by atoms with Crippen molar-refractivity contribution in [3.63, 3.8) is 0 Å². The molecule has 0 aliphatic heterocycles. The molecule has 0 amide bonds. The van der Waals surface area contributed by atoms with Gasteiger partial charge in [0.2, 0.25) is 0 Å². The van der Waals surface area contributed by atoms with Crippen molar-refractivity contribution in [3.05, 3.63) is 95.6 Å². The largest absolute Gasteiger partial charge is 0.436 e. The number of pyridine rings is 1. The highest BCUT2D eigenvalue weighted by molar-refractivity contribution is 5.96. The van der Waals surface area contributed by atoms with Gasteiger partial charge in [-0.3, -0.25) is 5.41 Å². The normalized spacial score (nSPS) is 10.6. The van der Waals surface area contributed by atoms with Crippen LogP contribution in [0.2, 0.25) is 0 Å². The second kappa shape index (κ2) is 8.96. The average molecular weight is 446 g/mol. The molecule has 0 saturated heterocycles. The topological polar surface area (TPSA) is 107 Å². The molecule has 8 heteroatoms. The molecular formula is C25H20F2N4O2. The van der Waals surface area contributed by atoms with Crippen LogP contribution in [0.1, 0.15) is 11.1 Å². The van der Waals surface area contributed by atoms with E-state index in [-0.39, 0.29) is 22.9 Å². The molecule has 6 nitrogen and oxygen atoms in total. The van der Waals surface area contributed by atoms with Crippen molar-refractivity contribution in [3.8, 4) is 34.4 Å². The lowest BCUT2D eigenvalue weighted by Gasteiger charge is -2.13. The fourth-order valence-corrected chi connectivity index (χ4v) is 3.15. The molecule has 1 heterocycles. The number of nitrogens with two attached hydrogens (primary N) is 2. The van der Waals surface area contributed by atoms with Crippen molar-refractivity contribution in [2.75, 3.05) is 5.73 Å². The monoisotopic (exact) mass is 446 g/mol. The van der Waals surface area contributed by atoms with E-state index in [0.29, 0.717) is 11.3 Å². The molecular weight excluding hydrogens is 426 g/mol. The summed E-state index contributed by atoms with van der Waals surface area (Å²) in [6.45, 7) is 1.27. The summed E-state index contributed by atoms with van der Waals surface area (Å²) in [5, 5.41) is 7.61. The number of anilines is 1.